The van der Waals surface area contributed by atoms with Gasteiger partial charge in [0.05, 0.1) is 24.9 Å². The van der Waals surface area contributed by atoms with E-state index < -0.39 is 38.3 Å². The lowest BCUT2D eigenvalue weighted by molar-refractivity contribution is 0.0150. The molecule has 3 aromatic rings. The maximum absolute atomic E-state index is 14.7. The van der Waals surface area contributed by atoms with Crippen molar-refractivity contribution in [2.24, 2.45) is 5.10 Å². The fraction of sp³-hybridized carbons (Fsp3) is 0.458. The van der Waals surface area contributed by atoms with Gasteiger partial charge in [0.15, 0.2) is 12.5 Å². The second-order valence-corrected chi connectivity index (χ2v) is 11.6. The number of thiazole rings is 1. The summed E-state index contributed by atoms with van der Waals surface area (Å²) in [6.07, 6.45) is 6.40. The lowest BCUT2D eigenvalue weighted by Crippen LogP contribution is -2.45. The molecule has 0 radical (unpaired) electrons. The zero-order valence-corrected chi connectivity index (χ0v) is 23.6. The minimum atomic E-state index is -4.66. The summed E-state index contributed by atoms with van der Waals surface area (Å²) in [4.78, 5) is 39.0. The summed E-state index contributed by atoms with van der Waals surface area (Å²) in [5.74, 6) is -2.15. The fourth-order valence-electron chi connectivity index (χ4n) is 4.84. The van der Waals surface area contributed by atoms with Gasteiger partial charge in [-0.05, 0) is 44.7 Å². The number of nitrogens with zero attached hydrogens (tertiary/aromatic N) is 6. The summed E-state index contributed by atoms with van der Waals surface area (Å²) in [5, 5.41) is 15.2. The predicted octanol–water partition coefficient (Wildman–Crippen LogP) is 2.91. The van der Waals surface area contributed by atoms with Crippen LogP contribution < -0.4 is 5.32 Å². The van der Waals surface area contributed by atoms with Crippen molar-refractivity contribution in [3.05, 3.63) is 53.1 Å². The maximum Gasteiger partial charge on any atom is 0.471 e. The molecule has 1 saturated carbocycles. The molecule has 3 aromatic heterocycles. The van der Waals surface area contributed by atoms with Gasteiger partial charge in [0.25, 0.3) is 5.91 Å². The van der Waals surface area contributed by atoms with E-state index in [2.05, 4.69) is 30.0 Å². The van der Waals surface area contributed by atoms with Crippen molar-refractivity contribution < 1.29 is 37.2 Å². The van der Waals surface area contributed by atoms with Gasteiger partial charge in [0.1, 0.15) is 22.1 Å². The van der Waals surface area contributed by atoms with Gasteiger partial charge in [-0.1, -0.05) is 0 Å². The summed E-state index contributed by atoms with van der Waals surface area (Å²) in [7, 11) is -4.66. The SMILES string of the molecule is CCO[C@H]1CC[C@H](N2CC(NC(=O)c3csc(-c4cnn(COP(=O)(O)O)c4)n3)C(c3nc(F)ccc3F)=N2)CC1. The molecule has 1 aliphatic carbocycles. The van der Waals surface area contributed by atoms with Gasteiger partial charge in [0.2, 0.25) is 5.95 Å². The second-order valence-electron chi connectivity index (χ2n) is 9.54. The first-order chi connectivity index (χ1) is 19.6. The lowest BCUT2D eigenvalue weighted by Gasteiger charge is -2.33. The molecular weight excluding hydrogens is 583 g/mol. The van der Waals surface area contributed by atoms with Gasteiger partial charge in [-0.25, -0.2) is 23.6 Å². The topological polar surface area (TPSA) is 164 Å². The van der Waals surface area contributed by atoms with Crippen LogP contribution >= 0.6 is 19.2 Å². The lowest BCUT2D eigenvalue weighted by atomic mass is 9.92. The van der Waals surface area contributed by atoms with Crippen LogP contribution in [0.4, 0.5) is 8.78 Å². The normalized spacial score (nSPS) is 21.2. The molecule has 220 valence electrons. The van der Waals surface area contributed by atoms with E-state index in [0.29, 0.717) is 17.2 Å². The summed E-state index contributed by atoms with van der Waals surface area (Å²) in [5.41, 5.74) is 0.465. The van der Waals surface area contributed by atoms with Crippen LogP contribution in [0, 0.1) is 11.8 Å². The Morgan fingerprint density at radius 3 is 2.73 bits per heavy atom. The molecule has 1 aliphatic heterocycles. The first kappa shape index (κ1) is 29.4. The molecule has 2 aliphatic rings. The largest absolute Gasteiger partial charge is 0.471 e. The Morgan fingerprint density at radius 2 is 2.00 bits per heavy atom. The molecule has 0 bridgehead atoms. The number of hydrazone groups is 1. The van der Waals surface area contributed by atoms with Crippen LogP contribution in [-0.4, -0.2) is 77.5 Å². The number of aromatic nitrogens is 4. The Hall–Kier alpha value is -3.14. The monoisotopic (exact) mass is 611 g/mol. The van der Waals surface area contributed by atoms with Crippen LogP contribution in [0.3, 0.4) is 0 Å². The van der Waals surface area contributed by atoms with Gasteiger partial charge >= 0.3 is 7.82 Å². The predicted molar refractivity (Wildman–Crippen MR) is 143 cm³/mol. The maximum atomic E-state index is 14.7. The highest BCUT2D eigenvalue weighted by Crippen LogP contribution is 2.36. The Labute approximate surface area is 237 Å². The van der Waals surface area contributed by atoms with Crippen molar-refractivity contribution in [1.29, 1.82) is 0 Å². The summed E-state index contributed by atoms with van der Waals surface area (Å²) in [6, 6.07) is 1.18. The number of pyridine rings is 1. The highest BCUT2D eigenvalue weighted by Gasteiger charge is 2.37. The van der Waals surface area contributed by atoms with Gasteiger partial charge in [-0.15, -0.1) is 11.3 Å². The first-order valence-electron chi connectivity index (χ1n) is 12.9. The zero-order chi connectivity index (χ0) is 29.1. The Balaban J connectivity index is 1.30. The highest BCUT2D eigenvalue weighted by atomic mass is 32.1. The molecular formula is C24H28F2N7O6PS. The van der Waals surface area contributed by atoms with Crippen LogP contribution in [0.25, 0.3) is 10.6 Å². The molecule has 17 heteroatoms. The smallest absolute Gasteiger partial charge is 0.379 e. The van der Waals surface area contributed by atoms with Crippen LogP contribution in [0.5, 0.6) is 0 Å². The molecule has 1 unspecified atom stereocenters. The van der Waals surface area contributed by atoms with E-state index in [-0.39, 0.29) is 35.8 Å². The molecule has 41 heavy (non-hydrogen) atoms. The van der Waals surface area contributed by atoms with E-state index >= 15 is 0 Å². The molecule has 13 nitrogen and oxygen atoms in total. The van der Waals surface area contributed by atoms with E-state index in [9.17, 15) is 18.1 Å². The zero-order valence-electron chi connectivity index (χ0n) is 21.9. The van der Waals surface area contributed by atoms with Crippen molar-refractivity contribution >= 4 is 30.8 Å². The van der Waals surface area contributed by atoms with Gasteiger partial charge < -0.3 is 19.8 Å². The Bertz CT molecular complexity index is 1470. The fourth-order valence-corrected chi connectivity index (χ4v) is 5.89. The van der Waals surface area contributed by atoms with Crippen molar-refractivity contribution in [2.45, 2.75) is 57.5 Å². The number of hydrogen-bond acceptors (Lipinski definition) is 10. The average Bonchev–Trinajstić information content (AvgIpc) is 3.69. The summed E-state index contributed by atoms with van der Waals surface area (Å²) in [6.45, 7) is 2.39. The third kappa shape index (κ3) is 7.20. The minimum absolute atomic E-state index is 0.0530. The van der Waals surface area contributed by atoms with E-state index in [1.807, 2.05) is 11.9 Å². The van der Waals surface area contributed by atoms with E-state index in [0.717, 1.165) is 49.2 Å². The number of phosphoric ester groups is 1. The number of nitrogens with one attached hydrogen (secondary N) is 1. The number of halogens is 2. The third-order valence-corrected chi connectivity index (χ3v) is 8.08. The summed E-state index contributed by atoms with van der Waals surface area (Å²) >= 11 is 1.16. The highest BCUT2D eigenvalue weighted by molar-refractivity contribution is 7.46. The van der Waals surface area contributed by atoms with Crippen molar-refractivity contribution in [3.8, 4) is 10.6 Å². The molecule has 0 spiro atoms. The molecule has 1 amide bonds. The molecule has 0 aromatic carbocycles. The number of phosphoric acid groups is 1. The van der Waals surface area contributed by atoms with Gasteiger partial charge in [0, 0.05) is 29.8 Å². The van der Waals surface area contributed by atoms with Crippen LogP contribution in [0.2, 0.25) is 0 Å². The van der Waals surface area contributed by atoms with Crippen LogP contribution in [0.1, 0.15) is 48.8 Å². The Kier molecular flexibility index (Phi) is 8.87. The van der Waals surface area contributed by atoms with Crippen molar-refractivity contribution in [2.75, 3.05) is 13.2 Å². The standard InChI is InChI=1S/C24H28F2N7O6PS/c1-2-38-16-5-3-15(4-6-16)33-11-18(22(31-33)21-17(25)7-8-20(26)30-21)28-23(34)19-12-41-24(29-19)14-9-27-32(10-14)13-39-40(35,36)37/h7-10,12,15-16,18H,2-6,11,13H2,1H3,(H,28,34)(H2,35,36,37)/t15-,16-,18?. The van der Waals surface area contributed by atoms with Gasteiger partial charge in [-0.3, -0.25) is 14.3 Å². The third-order valence-electron chi connectivity index (χ3n) is 6.74. The van der Waals surface area contributed by atoms with Crippen LogP contribution in [0.15, 0.2) is 35.0 Å². The minimum Gasteiger partial charge on any atom is -0.379 e. The van der Waals surface area contributed by atoms with Crippen LogP contribution in [-0.2, 0) is 20.6 Å². The number of hydrogen-bond donors (Lipinski definition) is 3. The Morgan fingerprint density at radius 1 is 1.22 bits per heavy atom. The number of carbonyl (C=O) groups is 1. The van der Waals surface area contributed by atoms with Crippen molar-refractivity contribution in [1.82, 2.24) is 30.1 Å². The van der Waals surface area contributed by atoms with Gasteiger partial charge in [-0.2, -0.15) is 14.6 Å². The molecule has 4 heterocycles. The first-order valence-corrected chi connectivity index (χ1v) is 15.3. The van der Waals surface area contributed by atoms with E-state index in [4.69, 9.17) is 14.5 Å². The number of rotatable bonds is 10. The second kappa shape index (κ2) is 12.4. The number of carbonyl (C=O) groups excluding carboxylic acids is 1. The number of ether oxygens (including phenoxy) is 1. The van der Waals surface area contributed by atoms with Crippen molar-refractivity contribution in [3.63, 3.8) is 0 Å². The summed E-state index contributed by atoms with van der Waals surface area (Å²) < 4.78 is 51.0. The quantitative estimate of drug-likeness (QED) is 0.229. The molecule has 1 fully saturated rings. The van der Waals surface area contributed by atoms with E-state index in [1.165, 1.54) is 22.5 Å². The molecule has 3 N–H and O–H groups in total. The number of amides is 1. The molecule has 5 rings (SSSR count). The molecule has 1 atom stereocenters. The molecule has 0 saturated heterocycles. The average molecular weight is 612 g/mol. The van der Waals surface area contributed by atoms with E-state index in [1.54, 1.807) is 0 Å².